The molecular weight excluding hydrogens is 179 g/mol. The average molecular weight is 187 g/mol. The van der Waals surface area contributed by atoms with Crippen molar-refractivity contribution >= 4 is 17.7 Å². The molecule has 0 unspecified atom stereocenters. The highest BCUT2D eigenvalue weighted by Crippen LogP contribution is 2.16. The van der Waals surface area contributed by atoms with Gasteiger partial charge in [0.15, 0.2) is 0 Å². The highest BCUT2D eigenvalue weighted by atomic mass is 35.5. The van der Waals surface area contributed by atoms with E-state index in [1.807, 2.05) is 0 Å². The molecule has 4 heteroatoms. The van der Waals surface area contributed by atoms with Crippen molar-refractivity contribution < 1.29 is 4.39 Å². The molecule has 0 aromatic carbocycles. The molecule has 0 saturated carbocycles. The van der Waals surface area contributed by atoms with Crippen molar-refractivity contribution in [3.05, 3.63) is 34.9 Å². The van der Waals surface area contributed by atoms with E-state index < -0.39 is 5.95 Å². The average Bonchev–Trinajstić information content (AvgIpc) is 2.07. The van der Waals surface area contributed by atoms with Gasteiger partial charge in [-0.1, -0.05) is 23.8 Å². The van der Waals surface area contributed by atoms with Crippen LogP contribution in [0.25, 0.3) is 6.08 Å². The minimum absolute atomic E-state index is 0.403. The van der Waals surface area contributed by atoms with Gasteiger partial charge in [-0.05, 0) is 5.56 Å². The number of nitrogens with zero attached hydrogens (tertiary/aromatic N) is 1. The van der Waals surface area contributed by atoms with Crippen LogP contribution in [-0.4, -0.2) is 11.5 Å². The molecule has 64 valence electrons. The Balaban J connectivity index is 2.97. The van der Waals surface area contributed by atoms with Crippen molar-refractivity contribution in [1.82, 2.24) is 4.98 Å². The van der Waals surface area contributed by atoms with Crippen LogP contribution in [-0.2, 0) is 0 Å². The van der Waals surface area contributed by atoms with E-state index in [2.05, 4.69) is 4.98 Å². The van der Waals surface area contributed by atoms with Gasteiger partial charge in [0.25, 0.3) is 0 Å². The molecular formula is C8H8ClFN2. The number of halogens is 2. The zero-order valence-electron chi connectivity index (χ0n) is 6.30. The van der Waals surface area contributed by atoms with Gasteiger partial charge in [0, 0.05) is 18.8 Å². The maximum atomic E-state index is 12.5. The standard InChI is InChI=1S/C8H8ClFN2/c9-7-5-12-8(10)4-6(7)2-1-3-11/h1-2,4-5H,3,11H2. The minimum Gasteiger partial charge on any atom is -0.327 e. The summed E-state index contributed by atoms with van der Waals surface area (Å²) in [6.45, 7) is 0.403. The maximum absolute atomic E-state index is 12.5. The molecule has 2 N–H and O–H groups in total. The Morgan fingerprint density at radius 2 is 2.42 bits per heavy atom. The van der Waals surface area contributed by atoms with E-state index in [-0.39, 0.29) is 0 Å². The summed E-state index contributed by atoms with van der Waals surface area (Å²) in [6.07, 6.45) is 4.63. The monoisotopic (exact) mass is 186 g/mol. The molecule has 0 radical (unpaired) electrons. The van der Waals surface area contributed by atoms with E-state index in [0.717, 1.165) is 0 Å². The van der Waals surface area contributed by atoms with Gasteiger partial charge in [0.2, 0.25) is 5.95 Å². The molecule has 1 heterocycles. The molecule has 2 nitrogen and oxygen atoms in total. The predicted octanol–water partition coefficient (Wildman–Crippen LogP) is 1.85. The molecule has 0 spiro atoms. The molecule has 0 atom stereocenters. The van der Waals surface area contributed by atoms with Crippen molar-refractivity contribution in [3.63, 3.8) is 0 Å². The Morgan fingerprint density at radius 1 is 1.67 bits per heavy atom. The number of hydrogen-bond donors (Lipinski definition) is 1. The fourth-order valence-corrected chi connectivity index (χ4v) is 0.916. The van der Waals surface area contributed by atoms with Crippen molar-refractivity contribution in [3.8, 4) is 0 Å². The second-order valence-corrected chi connectivity index (χ2v) is 2.57. The SMILES string of the molecule is NCC=Cc1cc(F)ncc1Cl. The lowest BCUT2D eigenvalue weighted by Crippen LogP contribution is -1.92. The Morgan fingerprint density at radius 3 is 3.08 bits per heavy atom. The first-order valence-electron chi connectivity index (χ1n) is 3.41. The molecule has 0 aliphatic heterocycles. The predicted molar refractivity (Wildman–Crippen MR) is 47.3 cm³/mol. The summed E-state index contributed by atoms with van der Waals surface area (Å²) >= 11 is 5.71. The second kappa shape index (κ2) is 4.18. The maximum Gasteiger partial charge on any atom is 0.213 e. The Hall–Kier alpha value is -0.930. The van der Waals surface area contributed by atoms with Gasteiger partial charge in [-0.25, -0.2) is 4.98 Å². The number of rotatable bonds is 2. The van der Waals surface area contributed by atoms with Crippen LogP contribution in [0.1, 0.15) is 5.56 Å². The van der Waals surface area contributed by atoms with Crippen molar-refractivity contribution in [2.24, 2.45) is 5.73 Å². The van der Waals surface area contributed by atoms with Gasteiger partial charge in [0.05, 0.1) is 5.02 Å². The van der Waals surface area contributed by atoms with Crippen molar-refractivity contribution in [2.45, 2.75) is 0 Å². The third kappa shape index (κ3) is 2.29. The van der Waals surface area contributed by atoms with Gasteiger partial charge < -0.3 is 5.73 Å². The van der Waals surface area contributed by atoms with Crippen LogP contribution >= 0.6 is 11.6 Å². The van der Waals surface area contributed by atoms with E-state index >= 15 is 0 Å². The normalized spacial score (nSPS) is 10.9. The number of aromatic nitrogens is 1. The molecule has 12 heavy (non-hydrogen) atoms. The van der Waals surface area contributed by atoms with E-state index in [0.29, 0.717) is 17.1 Å². The topological polar surface area (TPSA) is 38.9 Å². The van der Waals surface area contributed by atoms with Crippen LogP contribution < -0.4 is 5.73 Å². The molecule has 0 aliphatic carbocycles. The molecule has 0 aliphatic rings. The molecule has 0 saturated heterocycles. The van der Waals surface area contributed by atoms with Crippen LogP contribution in [0, 0.1) is 5.95 Å². The number of pyridine rings is 1. The first-order valence-corrected chi connectivity index (χ1v) is 3.79. The smallest absolute Gasteiger partial charge is 0.213 e. The summed E-state index contributed by atoms with van der Waals surface area (Å²) in [5.41, 5.74) is 5.82. The van der Waals surface area contributed by atoms with Gasteiger partial charge in [0.1, 0.15) is 0 Å². The number of hydrogen-bond acceptors (Lipinski definition) is 2. The zero-order valence-corrected chi connectivity index (χ0v) is 7.05. The summed E-state index contributed by atoms with van der Waals surface area (Å²) in [4.78, 5) is 3.38. The molecule has 0 fully saturated rings. The fraction of sp³-hybridized carbons (Fsp3) is 0.125. The van der Waals surface area contributed by atoms with E-state index in [1.165, 1.54) is 12.3 Å². The van der Waals surface area contributed by atoms with Crippen LogP contribution in [0.15, 0.2) is 18.3 Å². The summed E-state index contributed by atoms with van der Waals surface area (Å²) in [5.74, 6) is -0.545. The molecule has 1 aromatic rings. The van der Waals surface area contributed by atoms with Crippen molar-refractivity contribution in [2.75, 3.05) is 6.54 Å². The lowest BCUT2D eigenvalue weighted by molar-refractivity contribution is 0.583. The van der Waals surface area contributed by atoms with E-state index in [9.17, 15) is 4.39 Å². The van der Waals surface area contributed by atoms with Gasteiger partial charge in [-0.2, -0.15) is 4.39 Å². The van der Waals surface area contributed by atoms with E-state index in [4.69, 9.17) is 17.3 Å². The third-order valence-corrected chi connectivity index (χ3v) is 1.60. The van der Waals surface area contributed by atoms with Crippen LogP contribution in [0.4, 0.5) is 4.39 Å². The van der Waals surface area contributed by atoms with Gasteiger partial charge >= 0.3 is 0 Å². The van der Waals surface area contributed by atoms with Crippen molar-refractivity contribution in [1.29, 1.82) is 0 Å². The Bertz CT molecular complexity index is 299. The van der Waals surface area contributed by atoms with Gasteiger partial charge in [-0.3, -0.25) is 0 Å². The minimum atomic E-state index is -0.545. The molecule has 1 rings (SSSR count). The summed E-state index contributed by atoms with van der Waals surface area (Å²) in [5, 5.41) is 0.418. The Kier molecular flexibility index (Phi) is 3.19. The zero-order chi connectivity index (χ0) is 8.97. The number of nitrogens with two attached hydrogens (primary N) is 1. The summed E-state index contributed by atoms with van der Waals surface area (Å²) < 4.78 is 12.5. The largest absolute Gasteiger partial charge is 0.327 e. The quantitative estimate of drug-likeness (QED) is 0.716. The van der Waals surface area contributed by atoms with Crippen LogP contribution in [0.3, 0.4) is 0 Å². The summed E-state index contributed by atoms with van der Waals surface area (Å²) in [6, 6.07) is 1.26. The van der Waals surface area contributed by atoms with E-state index in [1.54, 1.807) is 12.2 Å². The first kappa shape index (κ1) is 9.16. The lowest BCUT2D eigenvalue weighted by Gasteiger charge is -1.96. The third-order valence-electron chi connectivity index (χ3n) is 1.29. The Labute approximate surface area is 74.9 Å². The molecule has 0 amide bonds. The fourth-order valence-electron chi connectivity index (χ4n) is 0.750. The molecule has 1 aromatic heterocycles. The highest BCUT2D eigenvalue weighted by Gasteiger charge is 1.98. The summed E-state index contributed by atoms with van der Waals surface area (Å²) in [7, 11) is 0. The highest BCUT2D eigenvalue weighted by molar-refractivity contribution is 6.31. The second-order valence-electron chi connectivity index (χ2n) is 2.17. The molecule has 0 bridgehead atoms. The van der Waals surface area contributed by atoms with Crippen LogP contribution in [0.5, 0.6) is 0 Å². The van der Waals surface area contributed by atoms with Crippen LogP contribution in [0.2, 0.25) is 5.02 Å². The lowest BCUT2D eigenvalue weighted by atomic mass is 10.2. The van der Waals surface area contributed by atoms with Gasteiger partial charge in [-0.15, -0.1) is 0 Å². The first-order chi connectivity index (χ1) is 5.74.